The third kappa shape index (κ3) is 6.18. The molecule has 0 saturated carbocycles. The van der Waals surface area contributed by atoms with Crippen molar-refractivity contribution in [3.8, 4) is 0 Å². The van der Waals surface area contributed by atoms with Crippen LogP contribution in [0.3, 0.4) is 0 Å². The van der Waals surface area contributed by atoms with Crippen molar-refractivity contribution in [2.24, 2.45) is 0 Å². The van der Waals surface area contributed by atoms with Crippen molar-refractivity contribution in [1.29, 1.82) is 0 Å². The molecule has 0 aromatic rings. The van der Waals surface area contributed by atoms with Gasteiger partial charge in [-0.1, -0.05) is 0 Å². The monoisotopic (exact) mass is 423 g/mol. The van der Waals surface area contributed by atoms with E-state index in [0.717, 1.165) is 4.72 Å². The molecule has 0 saturated heterocycles. The molecular weight excluding hydrogens is 401 g/mol. The van der Waals surface area contributed by atoms with E-state index < -0.39 is 46.6 Å². The number of aliphatic hydroxyl groups is 2. The highest BCUT2D eigenvalue weighted by Crippen LogP contribution is 2.48. The highest BCUT2D eigenvalue weighted by Gasteiger charge is 2.78. The maximum atomic E-state index is 13.2. The summed E-state index contributed by atoms with van der Waals surface area (Å²) in [6, 6.07) is 0. The summed E-state index contributed by atoms with van der Waals surface area (Å²) < 4.78 is 112. The van der Waals surface area contributed by atoms with E-state index in [4.69, 9.17) is 5.11 Å². The normalized spacial score (nSPS) is 16.0. The van der Waals surface area contributed by atoms with Gasteiger partial charge in [0, 0.05) is 19.4 Å². The fraction of sp³-hybridized carbons (Fsp3) is 1.00. The molecule has 14 heteroatoms. The Morgan fingerprint density at radius 2 is 1.54 bits per heavy atom. The molecule has 1 unspecified atom stereocenters. The van der Waals surface area contributed by atoms with Gasteiger partial charge in [-0.15, -0.1) is 0 Å². The number of nitrogens with zero attached hydrogens (tertiary/aromatic N) is 1. The molecule has 0 fully saturated rings. The Hall–Kier alpha value is -0.700. The summed E-state index contributed by atoms with van der Waals surface area (Å²) in [5, 5.41) is 11.6. The fourth-order valence-electron chi connectivity index (χ4n) is 1.84. The molecular formula is C12H22F7N2O4S+. The molecule has 0 bridgehead atoms. The number of halogens is 7. The van der Waals surface area contributed by atoms with Crippen molar-refractivity contribution < 1.29 is 53.8 Å². The number of quaternary nitrogens is 1. The predicted octanol–water partition coefficient (Wildman–Crippen LogP) is 0.906. The van der Waals surface area contributed by atoms with E-state index in [0.29, 0.717) is 6.54 Å². The van der Waals surface area contributed by atoms with Gasteiger partial charge in [0.2, 0.25) is 0 Å². The van der Waals surface area contributed by atoms with Crippen molar-refractivity contribution in [2.45, 2.75) is 36.3 Å². The first-order chi connectivity index (χ1) is 11.4. The maximum Gasteiger partial charge on any atom is 0.461 e. The zero-order chi connectivity index (χ0) is 21.0. The Kier molecular flexibility index (Phi) is 8.31. The zero-order valence-corrected chi connectivity index (χ0v) is 14.8. The van der Waals surface area contributed by atoms with Crippen molar-refractivity contribution in [1.82, 2.24) is 4.72 Å². The number of hydrogen-bond donors (Lipinski definition) is 3. The Labute approximate surface area is 146 Å². The van der Waals surface area contributed by atoms with E-state index in [1.807, 2.05) is 0 Å². The second-order valence-electron chi connectivity index (χ2n) is 6.35. The lowest BCUT2D eigenvalue weighted by Gasteiger charge is -2.31. The van der Waals surface area contributed by atoms with Gasteiger partial charge in [0.15, 0.2) is 0 Å². The third-order valence-electron chi connectivity index (χ3n) is 3.57. The summed E-state index contributed by atoms with van der Waals surface area (Å²) in [6.07, 6.45) is -7.67. The van der Waals surface area contributed by atoms with Gasteiger partial charge in [0.05, 0.1) is 39.9 Å². The van der Waals surface area contributed by atoms with Crippen molar-refractivity contribution in [3.63, 3.8) is 0 Å². The molecule has 0 aromatic heterocycles. The average Bonchev–Trinajstić information content (AvgIpc) is 2.47. The largest absolute Gasteiger partial charge is 0.461 e. The summed E-state index contributed by atoms with van der Waals surface area (Å²) in [5.74, 6) is -6.75. The number of alkyl halides is 7. The van der Waals surface area contributed by atoms with Crippen LogP contribution in [-0.2, 0) is 10.0 Å². The lowest BCUT2D eigenvalue weighted by Crippen LogP contribution is -2.59. The number of nitrogens with one attached hydrogen (secondary N) is 1. The Morgan fingerprint density at radius 1 is 1.04 bits per heavy atom. The number of rotatable bonds is 11. The van der Waals surface area contributed by atoms with Crippen LogP contribution in [0.1, 0.15) is 12.8 Å². The molecule has 0 spiro atoms. The van der Waals surface area contributed by atoms with Gasteiger partial charge in [-0.2, -0.15) is 30.7 Å². The van der Waals surface area contributed by atoms with E-state index in [1.54, 1.807) is 14.1 Å². The minimum Gasteiger partial charge on any atom is -0.394 e. The van der Waals surface area contributed by atoms with Gasteiger partial charge in [-0.25, -0.2) is 13.1 Å². The zero-order valence-electron chi connectivity index (χ0n) is 14.0. The van der Waals surface area contributed by atoms with Crippen LogP contribution in [0.2, 0.25) is 0 Å². The van der Waals surface area contributed by atoms with Crippen LogP contribution in [0.15, 0.2) is 0 Å². The summed E-state index contributed by atoms with van der Waals surface area (Å²) >= 11 is 0. The average molecular weight is 423 g/mol. The van der Waals surface area contributed by atoms with Crippen LogP contribution in [0.5, 0.6) is 0 Å². The SMILES string of the molecule is C[N+](C)(CCCNS(=O)(=O)C(F)(F)C(F)(F)C(F)(F)F)CCC(O)CO. The van der Waals surface area contributed by atoms with Gasteiger partial charge >= 0.3 is 17.4 Å². The molecule has 158 valence electrons. The Morgan fingerprint density at radius 3 is 1.96 bits per heavy atom. The van der Waals surface area contributed by atoms with E-state index in [2.05, 4.69) is 0 Å². The second-order valence-corrected chi connectivity index (χ2v) is 8.16. The first-order valence-corrected chi connectivity index (χ1v) is 8.82. The number of sulfonamides is 1. The first-order valence-electron chi connectivity index (χ1n) is 7.34. The van der Waals surface area contributed by atoms with Crippen LogP contribution in [-0.4, -0.2) is 86.9 Å². The number of aliphatic hydroxyl groups excluding tert-OH is 2. The topological polar surface area (TPSA) is 86.6 Å². The van der Waals surface area contributed by atoms with E-state index >= 15 is 0 Å². The smallest absolute Gasteiger partial charge is 0.394 e. The molecule has 26 heavy (non-hydrogen) atoms. The van der Waals surface area contributed by atoms with Gasteiger partial charge in [-0.3, -0.25) is 0 Å². The third-order valence-corrected chi connectivity index (χ3v) is 5.09. The van der Waals surface area contributed by atoms with Crippen LogP contribution in [0, 0.1) is 0 Å². The van der Waals surface area contributed by atoms with Gasteiger partial charge < -0.3 is 14.7 Å². The summed E-state index contributed by atoms with van der Waals surface area (Å²) in [7, 11) is -3.02. The maximum absolute atomic E-state index is 13.2. The van der Waals surface area contributed by atoms with Crippen LogP contribution < -0.4 is 4.72 Å². The lowest BCUT2D eigenvalue weighted by molar-refractivity contribution is -0.891. The molecule has 0 amide bonds. The molecule has 0 radical (unpaired) electrons. The minimum atomic E-state index is -6.75. The van der Waals surface area contributed by atoms with Crippen molar-refractivity contribution in [2.75, 3.05) is 40.3 Å². The quantitative estimate of drug-likeness (QED) is 0.262. The summed E-state index contributed by atoms with van der Waals surface area (Å²) in [5.41, 5.74) is 0. The van der Waals surface area contributed by atoms with Crippen LogP contribution in [0.4, 0.5) is 30.7 Å². The van der Waals surface area contributed by atoms with Crippen LogP contribution in [0.25, 0.3) is 0 Å². The fourth-order valence-corrected chi connectivity index (χ4v) is 2.89. The van der Waals surface area contributed by atoms with E-state index in [-0.39, 0.29) is 23.9 Å². The molecule has 3 N–H and O–H groups in total. The van der Waals surface area contributed by atoms with Gasteiger partial charge in [0.25, 0.3) is 10.0 Å². The molecule has 0 aliphatic carbocycles. The summed E-state index contributed by atoms with van der Waals surface area (Å²) in [6.45, 7) is -0.795. The first kappa shape index (κ1) is 25.3. The van der Waals surface area contributed by atoms with Gasteiger partial charge in [0.1, 0.15) is 0 Å². The summed E-state index contributed by atoms with van der Waals surface area (Å²) in [4.78, 5) is 0. The molecule has 0 aliphatic rings. The van der Waals surface area contributed by atoms with Crippen LogP contribution >= 0.6 is 0 Å². The minimum absolute atomic E-state index is 0.141. The molecule has 6 nitrogen and oxygen atoms in total. The van der Waals surface area contributed by atoms with Gasteiger partial charge in [-0.05, 0) is 0 Å². The molecule has 1 atom stereocenters. The second kappa shape index (κ2) is 8.54. The highest BCUT2D eigenvalue weighted by molar-refractivity contribution is 7.90. The molecule has 0 aromatic carbocycles. The Bertz CT molecular complexity index is 552. The lowest BCUT2D eigenvalue weighted by atomic mass is 10.2. The Balaban J connectivity index is 4.76. The van der Waals surface area contributed by atoms with E-state index in [9.17, 15) is 44.3 Å². The molecule has 0 heterocycles. The molecule has 0 rings (SSSR count). The predicted molar refractivity (Wildman–Crippen MR) is 77.0 cm³/mol. The molecule has 0 aliphatic heterocycles. The number of hydrogen-bond acceptors (Lipinski definition) is 4. The highest BCUT2D eigenvalue weighted by atomic mass is 32.2. The standard InChI is InChI=1S/C12H22F7N2O4S/c1-21(2,7-4-9(23)8-22)6-3-5-20-26(24,25)12(18,19)10(13,14)11(15,16)17/h9,20,22-23H,3-8H2,1-2H3/q+1. The van der Waals surface area contributed by atoms with Crippen molar-refractivity contribution >= 4 is 10.0 Å². The van der Waals surface area contributed by atoms with Crippen molar-refractivity contribution in [3.05, 3.63) is 0 Å². The van der Waals surface area contributed by atoms with E-state index in [1.165, 1.54) is 0 Å².